The van der Waals surface area contributed by atoms with Crippen molar-refractivity contribution < 1.29 is 19.1 Å². The van der Waals surface area contributed by atoms with Gasteiger partial charge in [0.15, 0.2) is 11.7 Å². The van der Waals surface area contributed by atoms with Crippen LogP contribution in [0.4, 0.5) is 5.13 Å². The summed E-state index contributed by atoms with van der Waals surface area (Å²) < 4.78 is 4.88. The van der Waals surface area contributed by atoms with Gasteiger partial charge in [-0.2, -0.15) is 0 Å². The van der Waals surface area contributed by atoms with Crippen molar-refractivity contribution in [1.82, 2.24) is 4.98 Å². The van der Waals surface area contributed by atoms with E-state index in [1.54, 1.807) is 6.20 Å². The monoisotopic (exact) mass is 304 g/mol. The molecule has 0 atom stereocenters. The molecule has 0 spiro atoms. The molecule has 1 aromatic carbocycles. The number of anilines is 1. The molecule has 6 nitrogen and oxygen atoms in total. The van der Waals surface area contributed by atoms with Gasteiger partial charge >= 0.3 is 5.97 Å². The summed E-state index contributed by atoms with van der Waals surface area (Å²) in [6.07, 6.45) is 2.32. The maximum absolute atomic E-state index is 11.7. The summed E-state index contributed by atoms with van der Waals surface area (Å²) in [6.45, 7) is 1.48. The minimum Gasteiger partial charge on any atom is -0.452 e. The molecule has 0 aliphatic rings. The fourth-order valence-electron chi connectivity index (χ4n) is 1.48. The molecule has 7 heteroatoms. The van der Waals surface area contributed by atoms with Crippen LogP contribution in [0.2, 0.25) is 0 Å². The van der Waals surface area contributed by atoms with Crippen molar-refractivity contribution in [2.75, 3.05) is 11.9 Å². The highest BCUT2D eigenvalue weighted by molar-refractivity contribution is 7.15. The van der Waals surface area contributed by atoms with Crippen LogP contribution >= 0.6 is 11.3 Å². The second-order valence-electron chi connectivity index (χ2n) is 4.14. The topological polar surface area (TPSA) is 85.4 Å². The molecule has 0 unspecified atom stereocenters. The van der Waals surface area contributed by atoms with E-state index >= 15 is 0 Å². The fourth-order valence-corrected chi connectivity index (χ4v) is 2.16. The maximum Gasteiger partial charge on any atom is 0.338 e. The predicted molar refractivity (Wildman–Crippen MR) is 77.6 cm³/mol. The number of rotatable bonds is 5. The van der Waals surface area contributed by atoms with Crippen LogP contribution in [0.3, 0.4) is 0 Å². The van der Waals surface area contributed by atoms with E-state index in [1.165, 1.54) is 35.6 Å². The highest BCUT2D eigenvalue weighted by Gasteiger charge is 2.11. The number of benzene rings is 1. The van der Waals surface area contributed by atoms with Gasteiger partial charge in [0.25, 0.3) is 5.91 Å². The SMILES string of the molecule is Cc1cnc(NC(=O)COC(=O)c2ccc(C=O)cc2)s1. The van der Waals surface area contributed by atoms with Crippen LogP contribution in [0.15, 0.2) is 30.5 Å². The molecule has 0 saturated heterocycles. The third-order valence-corrected chi connectivity index (χ3v) is 3.31. The van der Waals surface area contributed by atoms with Crippen molar-refractivity contribution in [3.63, 3.8) is 0 Å². The van der Waals surface area contributed by atoms with Gasteiger partial charge in [-0.25, -0.2) is 9.78 Å². The molecule has 108 valence electrons. The highest BCUT2D eigenvalue weighted by atomic mass is 32.1. The summed E-state index contributed by atoms with van der Waals surface area (Å²) in [4.78, 5) is 38.7. The number of carbonyl (C=O) groups excluding carboxylic acids is 3. The number of amides is 1. The van der Waals surface area contributed by atoms with Crippen LogP contribution in [0.25, 0.3) is 0 Å². The summed E-state index contributed by atoms with van der Waals surface area (Å²) in [6, 6.07) is 5.94. The van der Waals surface area contributed by atoms with Gasteiger partial charge in [-0.3, -0.25) is 14.9 Å². The van der Waals surface area contributed by atoms with E-state index < -0.39 is 18.5 Å². The molecule has 1 heterocycles. The third kappa shape index (κ3) is 4.22. The molecule has 1 aromatic heterocycles. The summed E-state index contributed by atoms with van der Waals surface area (Å²) >= 11 is 1.33. The first-order chi connectivity index (χ1) is 10.1. The average molecular weight is 304 g/mol. The quantitative estimate of drug-likeness (QED) is 0.675. The summed E-state index contributed by atoms with van der Waals surface area (Å²) in [7, 11) is 0. The van der Waals surface area contributed by atoms with Crippen molar-refractivity contribution in [2.24, 2.45) is 0 Å². The fraction of sp³-hybridized carbons (Fsp3) is 0.143. The van der Waals surface area contributed by atoms with E-state index in [9.17, 15) is 14.4 Å². The number of aryl methyl sites for hydroxylation is 1. The number of nitrogens with zero attached hydrogens (tertiary/aromatic N) is 1. The molecule has 2 aromatic rings. The average Bonchev–Trinajstić information content (AvgIpc) is 2.90. The Labute approximate surface area is 124 Å². The van der Waals surface area contributed by atoms with Gasteiger partial charge in [-0.1, -0.05) is 12.1 Å². The molecule has 0 bridgehead atoms. The molecule has 2 rings (SSSR count). The first-order valence-electron chi connectivity index (χ1n) is 6.03. The van der Waals surface area contributed by atoms with Crippen molar-refractivity contribution in [3.8, 4) is 0 Å². The van der Waals surface area contributed by atoms with Gasteiger partial charge in [0.2, 0.25) is 0 Å². The van der Waals surface area contributed by atoms with Crippen LogP contribution in [0.5, 0.6) is 0 Å². The Morgan fingerprint density at radius 1 is 1.33 bits per heavy atom. The zero-order chi connectivity index (χ0) is 15.2. The molecule has 0 fully saturated rings. The second kappa shape index (κ2) is 6.76. The lowest BCUT2D eigenvalue weighted by Crippen LogP contribution is -2.20. The van der Waals surface area contributed by atoms with Crippen LogP contribution in [0, 0.1) is 6.92 Å². The minimum absolute atomic E-state index is 0.276. The summed E-state index contributed by atoms with van der Waals surface area (Å²) in [5.41, 5.74) is 0.738. The van der Waals surface area contributed by atoms with Crippen LogP contribution < -0.4 is 5.32 Å². The lowest BCUT2D eigenvalue weighted by atomic mass is 10.1. The molecule has 0 saturated carbocycles. The van der Waals surface area contributed by atoms with E-state index in [4.69, 9.17) is 4.74 Å². The first kappa shape index (κ1) is 14.9. The Kier molecular flexibility index (Phi) is 4.78. The summed E-state index contributed by atoms with van der Waals surface area (Å²) in [5.74, 6) is -1.08. The number of hydrogen-bond acceptors (Lipinski definition) is 6. The van der Waals surface area contributed by atoms with Crippen molar-refractivity contribution >= 4 is 34.6 Å². The van der Waals surface area contributed by atoms with E-state index in [2.05, 4.69) is 10.3 Å². The molecule has 1 amide bonds. The van der Waals surface area contributed by atoms with Crippen molar-refractivity contribution in [2.45, 2.75) is 6.92 Å². The van der Waals surface area contributed by atoms with Crippen molar-refractivity contribution in [1.29, 1.82) is 0 Å². The molecule has 0 aliphatic carbocycles. The zero-order valence-electron chi connectivity index (χ0n) is 11.2. The van der Waals surface area contributed by atoms with E-state index in [0.29, 0.717) is 17.0 Å². The lowest BCUT2D eigenvalue weighted by Gasteiger charge is -2.04. The van der Waals surface area contributed by atoms with Crippen LogP contribution in [-0.4, -0.2) is 29.8 Å². The number of esters is 1. The first-order valence-corrected chi connectivity index (χ1v) is 6.85. The maximum atomic E-state index is 11.7. The lowest BCUT2D eigenvalue weighted by molar-refractivity contribution is -0.119. The predicted octanol–water partition coefficient (Wildman–Crippen LogP) is 2.06. The van der Waals surface area contributed by atoms with Crippen LogP contribution in [-0.2, 0) is 9.53 Å². The van der Waals surface area contributed by atoms with Gasteiger partial charge in [0.1, 0.15) is 6.29 Å². The molecule has 21 heavy (non-hydrogen) atoms. The Morgan fingerprint density at radius 2 is 2.05 bits per heavy atom. The van der Waals surface area contributed by atoms with Gasteiger partial charge in [-0.15, -0.1) is 11.3 Å². The largest absolute Gasteiger partial charge is 0.452 e. The van der Waals surface area contributed by atoms with E-state index in [0.717, 1.165) is 4.88 Å². The molecular formula is C14H12N2O4S. The smallest absolute Gasteiger partial charge is 0.338 e. The Balaban J connectivity index is 1.85. The van der Waals surface area contributed by atoms with Gasteiger partial charge < -0.3 is 4.74 Å². The highest BCUT2D eigenvalue weighted by Crippen LogP contribution is 2.16. The molecular weight excluding hydrogens is 292 g/mol. The second-order valence-corrected chi connectivity index (χ2v) is 5.38. The van der Waals surface area contributed by atoms with Gasteiger partial charge in [0, 0.05) is 16.6 Å². The Hall–Kier alpha value is -2.54. The van der Waals surface area contributed by atoms with Gasteiger partial charge in [-0.05, 0) is 19.1 Å². The number of carbonyl (C=O) groups is 3. The summed E-state index contributed by atoms with van der Waals surface area (Å²) in [5, 5.41) is 2.99. The molecule has 1 N–H and O–H groups in total. The molecule has 0 radical (unpaired) electrons. The Morgan fingerprint density at radius 3 is 2.62 bits per heavy atom. The zero-order valence-corrected chi connectivity index (χ0v) is 12.0. The Bertz CT molecular complexity index is 664. The number of aldehydes is 1. The van der Waals surface area contributed by atoms with Gasteiger partial charge in [0.05, 0.1) is 5.56 Å². The normalized spacial score (nSPS) is 9.95. The third-order valence-electron chi connectivity index (χ3n) is 2.48. The minimum atomic E-state index is -0.627. The number of nitrogens with one attached hydrogen (secondary N) is 1. The number of thiazole rings is 1. The standard InChI is InChI=1S/C14H12N2O4S/c1-9-6-15-14(21-9)16-12(18)8-20-13(19)11-4-2-10(7-17)3-5-11/h2-7H,8H2,1H3,(H,15,16,18). The van der Waals surface area contributed by atoms with E-state index in [-0.39, 0.29) is 5.56 Å². The number of ether oxygens (including phenoxy) is 1. The number of aromatic nitrogens is 1. The van der Waals surface area contributed by atoms with E-state index in [1.807, 2.05) is 6.92 Å². The number of hydrogen-bond donors (Lipinski definition) is 1. The van der Waals surface area contributed by atoms with Crippen molar-refractivity contribution in [3.05, 3.63) is 46.5 Å². The van der Waals surface area contributed by atoms with Crippen LogP contribution in [0.1, 0.15) is 25.6 Å². The molecule has 0 aliphatic heterocycles.